The number of anilines is 2. The summed E-state index contributed by atoms with van der Waals surface area (Å²) in [6.45, 7) is 9.07. The lowest BCUT2D eigenvalue weighted by Crippen LogP contribution is -2.46. The number of H-pyrrole nitrogens is 1. The number of benzene rings is 1. The van der Waals surface area contributed by atoms with Gasteiger partial charge in [0.05, 0.1) is 13.2 Å². The molecule has 0 unspecified atom stereocenters. The Bertz CT molecular complexity index is 1070. The molecule has 0 spiro atoms. The zero-order valence-corrected chi connectivity index (χ0v) is 20.4. The number of hydrogen-bond donors (Lipinski definition) is 2. The summed E-state index contributed by atoms with van der Waals surface area (Å²) in [4.78, 5) is 43.6. The Morgan fingerprint density at radius 2 is 1.94 bits per heavy atom. The molecule has 186 valence electrons. The first-order valence-corrected chi connectivity index (χ1v) is 11.1. The number of ether oxygens (including phenoxy) is 2. The highest BCUT2D eigenvalue weighted by Gasteiger charge is 2.25. The van der Waals surface area contributed by atoms with Gasteiger partial charge in [0.1, 0.15) is 18.2 Å². The van der Waals surface area contributed by atoms with Gasteiger partial charge in [-0.15, -0.1) is 0 Å². The van der Waals surface area contributed by atoms with Crippen LogP contribution >= 0.6 is 0 Å². The Hall–Kier alpha value is -3.37. The van der Waals surface area contributed by atoms with Gasteiger partial charge in [0, 0.05) is 26.7 Å². The Labute approximate surface area is 199 Å². The molecule has 0 atom stereocenters. The summed E-state index contributed by atoms with van der Waals surface area (Å²) in [7, 11) is 3.31. The van der Waals surface area contributed by atoms with Gasteiger partial charge in [-0.3, -0.25) is 24.0 Å². The number of hydrogen-bond acceptors (Lipinski definition) is 7. The Morgan fingerprint density at radius 1 is 1.26 bits per heavy atom. The van der Waals surface area contributed by atoms with Gasteiger partial charge >= 0.3 is 5.69 Å². The van der Waals surface area contributed by atoms with E-state index < -0.39 is 11.2 Å². The minimum absolute atomic E-state index is 0.0284. The van der Waals surface area contributed by atoms with Crippen molar-refractivity contribution in [3.63, 3.8) is 0 Å². The van der Waals surface area contributed by atoms with E-state index in [1.807, 2.05) is 50.1 Å². The minimum Gasteiger partial charge on any atom is -0.490 e. The molecule has 0 radical (unpaired) electrons. The molecule has 0 saturated carbocycles. The fraction of sp³-hybridized carbons (Fsp3) is 0.458. The molecule has 34 heavy (non-hydrogen) atoms. The van der Waals surface area contributed by atoms with Crippen molar-refractivity contribution in [1.82, 2.24) is 14.5 Å². The van der Waals surface area contributed by atoms with E-state index in [9.17, 15) is 14.4 Å². The van der Waals surface area contributed by atoms with E-state index in [0.29, 0.717) is 19.7 Å². The smallest absolute Gasteiger partial charge is 0.330 e. The van der Waals surface area contributed by atoms with Crippen LogP contribution < -0.4 is 26.6 Å². The summed E-state index contributed by atoms with van der Waals surface area (Å²) < 4.78 is 11.9. The summed E-state index contributed by atoms with van der Waals surface area (Å²) in [6, 6.07) is 7.56. The van der Waals surface area contributed by atoms with Crippen molar-refractivity contribution in [2.75, 3.05) is 51.1 Å². The normalized spacial score (nSPS) is 11.1. The van der Waals surface area contributed by atoms with E-state index in [1.165, 1.54) is 16.6 Å². The van der Waals surface area contributed by atoms with Crippen molar-refractivity contribution < 1.29 is 14.3 Å². The first kappa shape index (κ1) is 26.9. The first-order valence-electron chi connectivity index (χ1n) is 11.1. The second-order valence-corrected chi connectivity index (χ2v) is 8.45. The second kappa shape index (κ2) is 12.8. The maximum absolute atomic E-state index is 13.2. The molecular formula is C24H35N5O5. The van der Waals surface area contributed by atoms with Crippen LogP contribution in [0.5, 0.6) is 5.75 Å². The van der Waals surface area contributed by atoms with Crippen molar-refractivity contribution in [3.05, 3.63) is 63.3 Å². The van der Waals surface area contributed by atoms with Crippen LogP contribution in [0.3, 0.4) is 0 Å². The molecule has 0 aliphatic heterocycles. The summed E-state index contributed by atoms with van der Waals surface area (Å²) in [6.07, 6.45) is 1.68. The quantitative estimate of drug-likeness (QED) is 0.422. The van der Waals surface area contributed by atoms with E-state index in [-0.39, 0.29) is 43.0 Å². The summed E-state index contributed by atoms with van der Waals surface area (Å²) >= 11 is 0. The lowest BCUT2D eigenvalue weighted by atomic mass is 10.2. The standard InChI is InChI=1S/C24H35N5O5/c1-6-12-34-19-9-7-18(8-10-19)15-27(4)16-20(30)28(11-13-33-5)21-22(25)29(14-17(2)3)24(32)26-23(21)31/h6-10,17H,1,11-16,25H2,2-5H3,(H,26,31,32). The molecule has 10 heteroatoms. The predicted octanol–water partition coefficient (Wildman–Crippen LogP) is 1.45. The second-order valence-electron chi connectivity index (χ2n) is 8.45. The molecule has 0 aliphatic rings. The van der Waals surface area contributed by atoms with Crippen molar-refractivity contribution in [3.8, 4) is 5.75 Å². The van der Waals surface area contributed by atoms with E-state index in [4.69, 9.17) is 15.2 Å². The number of amides is 1. The number of nitrogens with two attached hydrogens (primary N) is 1. The van der Waals surface area contributed by atoms with Crippen LogP contribution in [0.4, 0.5) is 11.5 Å². The molecule has 1 amide bonds. The summed E-state index contributed by atoms with van der Waals surface area (Å²) in [5.41, 5.74) is 5.87. The number of methoxy groups -OCH3 is 1. The van der Waals surface area contributed by atoms with Gasteiger partial charge in [-0.2, -0.15) is 0 Å². The molecule has 3 N–H and O–H groups in total. The zero-order valence-electron chi connectivity index (χ0n) is 20.4. The fourth-order valence-corrected chi connectivity index (χ4v) is 3.46. The van der Waals surface area contributed by atoms with Gasteiger partial charge in [-0.05, 0) is 30.7 Å². The number of carbonyl (C=O) groups is 1. The molecule has 0 bridgehead atoms. The van der Waals surface area contributed by atoms with Crippen LogP contribution in [0.15, 0.2) is 46.5 Å². The maximum Gasteiger partial charge on any atom is 0.330 e. The monoisotopic (exact) mass is 473 g/mol. The maximum atomic E-state index is 13.2. The number of likely N-dealkylation sites (N-methyl/N-ethyl adjacent to an activating group) is 1. The number of aromatic amines is 1. The number of aromatic nitrogens is 2. The third-order valence-corrected chi connectivity index (χ3v) is 5.00. The topological polar surface area (TPSA) is 123 Å². The number of nitrogen functional groups attached to an aromatic ring is 1. The number of nitrogens with one attached hydrogen (secondary N) is 1. The summed E-state index contributed by atoms with van der Waals surface area (Å²) in [5, 5.41) is 0. The van der Waals surface area contributed by atoms with Crippen LogP contribution in [0.2, 0.25) is 0 Å². The fourth-order valence-electron chi connectivity index (χ4n) is 3.46. The van der Waals surface area contributed by atoms with Crippen LogP contribution in [0.25, 0.3) is 0 Å². The van der Waals surface area contributed by atoms with Crippen LogP contribution in [0.1, 0.15) is 19.4 Å². The molecule has 10 nitrogen and oxygen atoms in total. The number of nitrogens with zero attached hydrogens (tertiary/aromatic N) is 3. The van der Waals surface area contributed by atoms with Gasteiger partial charge in [-0.1, -0.05) is 38.6 Å². The molecule has 0 fully saturated rings. The molecule has 2 rings (SSSR count). The first-order chi connectivity index (χ1) is 16.2. The molecule has 2 aromatic rings. The Balaban J connectivity index is 2.23. The number of rotatable bonds is 13. The van der Waals surface area contributed by atoms with Crippen LogP contribution in [-0.2, 0) is 22.6 Å². The lowest BCUT2D eigenvalue weighted by Gasteiger charge is -2.27. The highest BCUT2D eigenvalue weighted by molar-refractivity contribution is 5.96. The highest BCUT2D eigenvalue weighted by Crippen LogP contribution is 2.19. The average Bonchev–Trinajstić information content (AvgIpc) is 2.78. The SMILES string of the molecule is C=CCOc1ccc(CN(C)CC(=O)N(CCOC)c2c(N)n(CC(C)C)c(=O)[nH]c2=O)cc1. The lowest BCUT2D eigenvalue weighted by molar-refractivity contribution is -0.119. The van der Waals surface area contributed by atoms with Gasteiger partial charge < -0.3 is 20.1 Å². The molecule has 0 saturated heterocycles. The van der Waals surface area contributed by atoms with Crippen LogP contribution in [-0.4, -0.2) is 60.8 Å². The van der Waals surface area contributed by atoms with Crippen LogP contribution in [0, 0.1) is 5.92 Å². The molecular weight excluding hydrogens is 438 g/mol. The van der Waals surface area contributed by atoms with Gasteiger partial charge in [0.2, 0.25) is 5.91 Å². The molecule has 1 heterocycles. The van der Waals surface area contributed by atoms with E-state index in [0.717, 1.165) is 11.3 Å². The number of carbonyl (C=O) groups excluding carboxylic acids is 1. The van der Waals surface area contributed by atoms with Crippen molar-refractivity contribution in [2.24, 2.45) is 5.92 Å². The Morgan fingerprint density at radius 3 is 2.53 bits per heavy atom. The minimum atomic E-state index is -0.704. The van der Waals surface area contributed by atoms with Crippen molar-refractivity contribution >= 4 is 17.4 Å². The third-order valence-electron chi connectivity index (χ3n) is 5.00. The predicted molar refractivity (Wildman–Crippen MR) is 133 cm³/mol. The van der Waals surface area contributed by atoms with E-state index in [1.54, 1.807) is 6.08 Å². The molecule has 0 aliphatic carbocycles. The molecule has 1 aromatic carbocycles. The van der Waals surface area contributed by atoms with Crippen molar-refractivity contribution in [2.45, 2.75) is 26.9 Å². The van der Waals surface area contributed by atoms with E-state index >= 15 is 0 Å². The van der Waals surface area contributed by atoms with Gasteiger partial charge in [0.25, 0.3) is 5.56 Å². The average molecular weight is 474 g/mol. The summed E-state index contributed by atoms with van der Waals surface area (Å²) in [5.74, 6) is 0.475. The van der Waals surface area contributed by atoms with Crippen molar-refractivity contribution in [1.29, 1.82) is 0 Å². The largest absolute Gasteiger partial charge is 0.490 e. The van der Waals surface area contributed by atoms with Gasteiger partial charge in [-0.25, -0.2) is 4.79 Å². The Kier molecular flexibility index (Phi) is 10.1. The zero-order chi connectivity index (χ0) is 25.3. The van der Waals surface area contributed by atoms with E-state index in [2.05, 4.69) is 11.6 Å². The van der Waals surface area contributed by atoms with Gasteiger partial charge in [0.15, 0.2) is 5.69 Å². The third kappa shape index (κ3) is 7.32. The highest BCUT2D eigenvalue weighted by atomic mass is 16.5. The molecule has 1 aromatic heterocycles.